The number of ether oxygens (including phenoxy) is 1. The van der Waals surface area contributed by atoms with Crippen molar-refractivity contribution in [2.45, 2.75) is 51.5 Å². The molecule has 2 rings (SSSR count). The third-order valence-electron chi connectivity index (χ3n) is 5.67. The Morgan fingerprint density at radius 2 is 2.08 bits per heavy atom. The van der Waals surface area contributed by atoms with Gasteiger partial charge in [0.25, 0.3) is 0 Å². The maximum absolute atomic E-state index is 5.56. The molecule has 0 radical (unpaired) electrons. The molecule has 2 fully saturated rings. The van der Waals surface area contributed by atoms with Gasteiger partial charge in [-0.1, -0.05) is 33.1 Å². The van der Waals surface area contributed by atoms with Crippen molar-refractivity contribution in [1.82, 2.24) is 15.5 Å². The van der Waals surface area contributed by atoms with E-state index >= 15 is 0 Å². The Morgan fingerprint density at radius 1 is 1.28 bits per heavy atom. The zero-order chi connectivity index (χ0) is 18.0. The predicted molar refractivity (Wildman–Crippen MR) is 110 cm³/mol. The van der Waals surface area contributed by atoms with Crippen LogP contribution in [0.1, 0.15) is 46.0 Å². The number of unbranched alkanes of at least 4 members (excludes halogenated alkanes) is 1. The molecule has 0 saturated carbocycles. The van der Waals surface area contributed by atoms with Gasteiger partial charge in [0.15, 0.2) is 5.96 Å². The van der Waals surface area contributed by atoms with Crippen LogP contribution in [0, 0.1) is 5.92 Å². The van der Waals surface area contributed by atoms with E-state index in [0.29, 0.717) is 0 Å². The summed E-state index contributed by atoms with van der Waals surface area (Å²) in [4.78, 5) is 7.10. The second kappa shape index (κ2) is 11.3. The van der Waals surface area contributed by atoms with E-state index in [-0.39, 0.29) is 5.54 Å². The van der Waals surface area contributed by atoms with E-state index in [1.54, 1.807) is 0 Å². The van der Waals surface area contributed by atoms with Gasteiger partial charge in [0.1, 0.15) is 0 Å². The lowest BCUT2D eigenvalue weighted by molar-refractivity contribution is -0.0120. The molecule has 2 heterocycles. The van der Waals surface area contributed by atoms with Gasteiger partial charge in [0, 0.05) is 44.5 Å². The molecule has 0 bridgehead atoms. The minimum absolute atomic E-state index is 0.262. The van der Waals surface area contributed by atoms with E-state index in [1.165, 1.54) is 43.6 Å². The van der Waals surface area contributed by atoms with Gasteiger partial charge < -0.3 is 15.4 Å². The van der Waals surface area contributed by atoms with Crippen molar-refractivity contribution in [2.24, 2.45) is 10.9 Å². The van der Waals surface area contributed by atoms with Crippen LogP contribution in [0.2, 0.25) is 0 Å². The summed E-state index contributed by atoms with van der Waals surface area (Å²) in [5, 5.41) is 7.19. The smallest absolute Gasteiger partial charge is 0.191 e. The van der Waals surface area contributed by atoms with Gasteiger partial charge in [0.2, 0.25) is 0 Å². The third kappa shape index (κ3) is 6.33. The molecule has 5 nitrogen and oxygen atoms in total. The van der Waals surface area contributed by atoms with Gasteiger partial charge in [-0.3, -0.25) is 9.89 Å². The van der Waals surface area contributed by atoms with Crippen LogP contribution in [0.25, 0.3) is 0 Å². The minimum atomic E-state index is 0.262. The summed E-state index contributed by atoms with van der Waals surface area (Å²) in [6.07, 6.45) is 6.41. The molecule has 6 heteroatoms. The summed E-state index contributed by atoms with van der Waals surface area (Å²) in [6.45, 7) is 10.4. The van der Waals surface area contributed by atoms with Crippen molar-refractivity contribution in [3.05, 3.63) is 0 Å². The standard InChI is InChI=1S/C19H38N4OS/c1-4-6-7-17(5-2)14-21-18(20-3)22-15-19(8-13-25-16-19)23-9-11-24-12-10-23/h17H,4-16H2,1-3H3,(H2,20,21,22). The van der Waals surface area contributed by atoms with E-state index < -0.39 is 0 Å². The lowest BCUT2D eigenvalue weighted by atomic mass is 9.95. The summed E-state index contributed by atoms with van der Waals surface area (Å²) in [7, 11) is 1.88. The van der Waals surface area contributed by atoms with Crippen molar-refractivity contribution < 1.29 is 4.74 Å². The highest BCUT2D eigenvalue weighted by molar-refractivity contribution is 7.99. The molecule has 0 aromatic carbocycles. The molecule has 146 valence electrons. The van der Waals surface area contributed by atoms with Crippen molar-refractivity contribution in [3.8, 4) is 0 Å². The van der Waals surface area contributed by atoms with Crippen molar-refractivity contribution in [1.29, 1.82) is 0 Å². The van der Waals surface area contributed by atoms with Gasteiger partial charge in [-0.05, 0) is 24.5 Å². The molecule has 0 amide bonds. The van der Waals surface area contributed by atoms with Gasteiger partial charge in [0.05, 0.1) is 13.2 Å². The fourth-order valence-corrected chi connectivity index (χ4v) is 5.27. The number of aliphatic imine (C=N–C) groups is 1. The van der Waals surface area contributed by atoms with Crippen LogP contribution >= 0.6 is 11.8 Å². The lowest BCUT2D eigenvalue weighted by Gasteiger charge is -2.43. The maximum Gasteiger partial charge on any atom is 0.191 e. The zero-order valence-electron chi connectivity index (χ0n) is 16.5. The first kappa shape index (κ1) is 20.8. The van der Waals surface area contributed by atoms with Gasteiger partial charge >= 0.3 is 0 Å². The molecular formula is C19H38N4OS. The Hall–Kier alpha value is -0.460. The SMILES string of the molecule is CCCCC(CC)CNC(=NC)NCC1(N2CCOCC2)CCSC1. The summed E-state index contributed by atoms with van der Waals surface area (Å²) in [5.74, 6) is 4.18. The van der Waals surface area contributed by atoms with Gasteiger partial charge in [-0.2, -0.15) is 11.8 Å². The normalized spacial score (nSPS) is 26.6. The number of thioether (sulfide) groups is 1. The second-order valence-corrected chi connectivity index (χ2v) is 8.45. The Labute approximate surface area is 158 Å². The monoisotopic (exact) mass is 370 g/mol. The predicted octanol–water partition coefficient (Wildman–Crippen LogP) is 2.58. The number of rotatable bonds is 9. The molecule has 0 aromatic heterocycles. The summed E-state index contributed by atoms with van der Waals surface area (Å²) in [5.41, 5.74) is 0.262. The first-order chi connectivity index (χ1) is 12.2. The molecule has 2 atom stereocenters. The molecule has 2 aliphatic rings. The summed E-state index contributed by atoms with van der Waals surface area (Å²) in [6, 6.07) is 0. The summed E-state index contributed by atoms with van der Waals surface area (Å²) >= 11 is 2.08. The van der Waals surface area contributed by atoms with Crippen LogP contribution in [0.15, 0.2) is 4.99 Å². The Morgan fingerprint density at radius 3 is 2.68 bits per heavy atom. The second-order valence-electron chi connectivity index (χ2n) is 7.35. The van der Waals surface area contributed by atoms with Crippen LogP contribution < -0.4 is 10.6 Å². The number of guanidine groups is 1. The first-order valence-corrected chi connectivity index (χ1v) is 11.2. The maximum atomic E-state index is 5.56. The van der Waals surface area contributed by atoms with E-state index in [1.807, 2.05) is 7.05 Å². The quantitative estimate of drug-likeness (QED) is 0.483. The number of nitrogens with one attached hydrogen (secondary N) is 2. The van der Waals surface area contributed by atoms with E-state index in [0.717, 1.165) is 51.3 Å². The zero-order valence-corrected chi connectivity index (χ0v) is 17.3. The highest BCUT2D eigenvalue weighted by Gasteiger charge is 2.40. The number of morpholine rings is 1. The molecule has 2 aliphatic heterocycles. The molecule has 0 spiro atoms. The van der Waals surface area contributed by atoms with Crippen LogP contribution in [-0.4, -0.2) is 74.3 Å². The third-order valence-corrected chi connectivity index (χ3v) is 6.91. The first-order valence-electron chi connectivity index (χ1n) is 10.1. The lowest BCUT2D eigenvalue weighted by Crippen LogP contribution is -2.60. The molecule has 0 aromatic rings. The average Bonchev–Trinajstić information content (AvgIpc) is 3.15. The fourth-order valence-electron chi connectivity index (χ4n) is 3.79. The minimum Gasteiger partial charge on any atom is -0.379 e. The fraction of sp³-hybridized carbons (Fsp3) is 0.947. The molecule has 2 saturated heterocycles. The highest BCUT2D eigenvalue weighted by Crippen LogP contribution is 2.33. The summed E-state index contributed by atoms with van der Waals surface area (Å²) < 4.78 is 5.56. The van der Waals surface area contributed by atoms with Crippen LogP contribution in [0.5, 0.6) is 0 Å². The van der Waals surface area contributed by atoms with Crippen LogP contribution in [0.3, 0.4) is 0 Å². The molecule has 0 aliphatic carbocycles. The average molecular weight is 371 g/mol. The van der Waals surface area contributed by atoms with Crippen LogP contribution in [0.4, 0.5) is 0 Å². The van der Waals surface area contributed by atoms with E-state index in [2.05, 4.69) is 46.1 Å². The van der Waals surface area contributed by atoms with Gasteiger partial charge in [-0.15, -0.1) is 0 Å². The van der Waals surface area contributed by atoms with Crippen molar-refractivity contribution in [3.63, 3.8) is 0 Å². The molecular weight excluding hydrogens is 332 g/mol. The Bertz CT molecular complexity index is 393. The van der Waals surface area contributed by atoms with E-state index in [9.17, 15) is 0 Å². The highest BCUT2D eigenvalue weighted by atomic mass is 32.2. The molecule has 2 unspecified atom stereocenters. The van der Waals surface area contributed by atoms with Gasteiger partial charge in [-0.25, -0.2) is 0 Å². The number of hydrogen-bond donors (Lipinski definition) is 2. The van der Waals surface area contributed by atoms with Crippen LogP contribution in [-0.2, 0) is 4.74 Å². The Balaban J connectivity index is 1.83. The largest absolute Gasteiger partial charge is 0.379 e. The number of nitrogens with zero attached hydrogens (tertiary/aromatic N) is 2. The van der Waals surface area contributed by atoms with Crippen molar-refractivity contribution in [2.75, 3.05) is 57.9 Å². The Kier molecular flexibility index (Phi) is 9.42. The molecule has 25 heavy (non-hydrogen) atoms. The molecule has 2 N–H and O–H groups in total. The topological polar surface area (TPSA) is 48.9 Å². The number of hydrogen-bond acceptors (Lipinski definition) is 4. The van der Waals surface area contributed by atoms with E-state index in [4.69, 9.17) is 4.74 Å². The van der Waals surface area contributed by atoms with Crippen molar-refractivity contribution >= 4 is 17.7 Å².